The molecule has 2 aliphatic heterocycles. The molecule has 0 aromatic heterocycles. The smallest absolute Gasteiger partial charge is 0.346 e. The lowest BCUT2D eigenvalue weighted by Gasteiger charge is -2.41. The molecule has 0 unspecified atom stereocenters. The van der Waals surface area contributed by atoms with Gasteiger partial charge in [-0.3, -0.25) is 4.79 Å². The van der Waals surface area contributed by atoms with Gasteiger partial charge in [0.05, 0.1) is 17.3 Å². The number of thioether (sulfide) groups is 2. The van der Waals surface area contributed by atoms with Crippen LogP contribution in [0.15, 0.2) is 70.3 Å². The topological polar surface area (TPSA) is 62.2 Å². The highest BCUT2D eigenvalue weighted by molar-refractivity contribution is 8.29. The summed E-state index contributed by atoms with van der Waals surface area (Å²) in [6, 6.07) is 17.0. The van der Waals surface area contributed by atoms with Crippen LogP contribution in [0.4, 0.5) is 11.4 Å². The Bertz CT molecular complexity index is 1110. The quantitative estimate of drug-likeness (QED) is 0.534. The van der Waals surface area contributed by atoms with Crippen molar-refractivity contribution in [1.29, 1.82) is 0 Å². The fraction of sp³-hybridized carbons (Fsp3) is 0.227. The Morgan fingerprint density at radius 2 is 1.77 bits per heavy atom. The van der Waals surface area contributed by atoms with Gasteiger partial charge in [-0.05, 0) is 49.9 Å². The van der Waals surface area contributed by atoms with Gasteiger partial charge in [-0.25, -0.2) is 9.80 Å². The van der Waals surface area contributed by atoms with Crippen LogP contribution < -0.4 is 9.91 Å². The molecule has 0 fully saturated rings. The van der Waals surface area contributed by atoms with Crippen molar-refractivity contribution in [2.45, 2.75) is 25.1 Å². The van der Waals surface area contributed by atoms with E-state index < -0.39 is 10.3 Å². The van der Waals surface area contributed by atoms with E-state index in [9.17, 15) is 9.59 Å². The minimum atomic E-state index is -0.987. The van der Waals surface area contributed by atoms with Crippen LogP contribution in [0.2, 0.25) is 5.02 Å². The number of anilines is 2. The molecule has 2 aromatic carbocycles. The van der Waals surface area contributed by atoms with Gasteiger partial charge in [0.15, 0.2) is 10.8 Å². The normalized spacial score (nSPS) is 20.5. The lowest BCUT2D eigenvalue weighted by atomic mass is 10.2. The maximum absolute atomic E-state index is 12.8. The van der Waals surface area contributed by atoms with Crippen LogP contribution in [0.5, 0.6) is 0 Å². The number of carbonyl (C=O) groups is 2. The molecular formula is C22H20ClN3O3S2. The fourth-order valence-electron chi connectivity index (χ4n) is 3.41. The summed E-state index contributed by atoms with van der Waals surface area (Å²) in [6.45, 7) is 5.40. The zero-order valence-corrected chi connectivity index (χ0v) is 19.6. The van der Waals surface area contributed by atoms with Gasteiger partial charge in [0.25, 0.3) is 0 Å². The molecule has 0 saturated carbocycles. The second-order valence-electron chi connectivity index (χ2n) is 6.78. The first-order valence-electron chi connectivity index (χ1n) is 9.64. The van der Waals surface area contributed by atoms with Crippen molar-refractivity contribution in [2.24, 2.45) is 5.10 Å². The minimum Gasteiger partial charge on any atom is -0.462 e. The van der Waals surface area contributed by atoms with Crippen LogP contribution in [0.3, 0.4) is 0 Å². The van der Waals surface area contributed by atoms with E-state index in [1.165, 1.54) is 30.4 Å². The molecular weight excluding hydrogens is 454 g/mol. The van der Waals surface area contributed by atoms with Gasteiger partial charge in [0.1, 0.15) is 4.91 Å². The van der Waals surface area contributed by atoms with Crippen molar-refractivity contribution < 1.29 is 14.3 Å². The maximum Gasteiger partial charge on any atom is 0.346 e. The molecule has 0 saturated heterocycles. The SMILES string of the molecule is CCOC(=O)C1=C(C)N(c2ccccc2)[C@@]2(SC(C(C)=O)=NN2c2ccccc2Cl)S1. The van der Waals surface area contributed by atoms with Crippen molar-refractivity contribution in [3.05, 3.63) is 70.2 Å². The van der Waals surface area contributed by atoms with Gasteiger partial charge in [0.2, 0.25) is 4.33 Å². The Morgan fingerprint density at radius 1 is 1.10 bits per heavy atom. The van der Waals surface area contributed by atoms with Crippen LogP contribution in [-0.2, 0) is 14.3 Å². The second-order valence-corrected chi connectivity index (χ2v) is 9.79. The average Bonchev–Trinajstić information content (AvgIpc) is 3.27. The lowest BCUT2D eigenvalue weighted by molar-refractivity contribution is -0.137. The molecule has 1 atom stereocenters. The first-order valence-corrected chi connectivity index (χ1v) is 11.7. The summed E-state index contributed by atoms with van der Waals surface area (Å²) in [6.07, 6.45) is 0. The zero-order valence-electron chi connectivity index (χ0n) is 17.2. The molecule has 2 aliphatic rings. The third kappa shape index (κ3) is 3.73. The molecule has 0 amide bonds. The van der Waals surface area contributed by atoms with Gasteiger partial charge >= 0.3 is 5.97 Å². The van der Waals surface area contributed by atoms with Crippen molar-refractivity contribution >= 4 is 63.3 Å². The van der Waals surface area contributed by atoms with Crippen molar-refractivity contribution in [2.75, 3.05) is 16.5 Å². The Hall–Kier alpha value is -2.42. The molecule has 31 heavy (non-hydrogen) atoms. The second kappa shape index (κ2) is 8.61. The van der Waals surface area contributed by atoms with E-state index in [4.69, 9.17) is 16.3 Å². The van der Waals surface area contributed by atoms with E-state index in [-0.39, 0.29) is 12.4 Å². The van der Waals surface area contributed by atoms with Crippen LogP contribution in [0.1, 0.15) is 20.8 Å². The van der Waals surface area contributed by atoms with Crippen LogP contribution in [0, 0.1) is 0 Å². The van der Waals surface area contributed by atoms with E-state index >= 15 is 0 Å². The standard InChI is InChI=1S/C22H20ClN3O3S2/c1-4-29-21(28)19-14(2)25(16-10-6-5-7-11-16)22(30-19)26(24-20(31-22)15(3)27)18-13-9-8-12-17(18)23/h5-13H,4H2,1-3H3/t22-/m0/s1. The number of benzene rings is 2. The minimum absolute atomic E-state index is 0.158. The molecule has 6 nitrogen and oxygen atoms in total. The maximum atomic E-state index is 12.8. The molecule has 0 aliphatic carbocycles. The van der Waals surface area contributed by atoms with E-state index in [2.05, 4.69) is 5.10 Å². The molecule has 0 radical (unpaired) electrons. The van der Waals surface area contributed by atoms with Gasteiger partial charge in [-0.15, -0.1) is 0 Å². The van der Waals surface area contributed by atoms with E-state index in [0.717, 1.165) is 11.4 Å². The fourth-order valence-corrected chi connectivity index (χ4v) is 6.56. The van der Waals surface area contributed by atoms with Gasteiger partial charge in [-0.1, -0.05) is 53.7 Å². The zero-order chi connectivity index (χ0) is 22.2. The Balaban J connectivity index is 1.92. The number of esters is 1. The molecule has 160 valence electrons. The van der Waals surface area contributed by atoms with E-state index in [1.807, 2.05) is 60.4 Å². The number of nitrogens with zero attached hydrogens (tertiary/aromatic N) is 3. The first-order chi connectivity index (χ1) is 14.9. The number of ketones is 1. The summed E-state index contributed by atoms with van der Waals surface area (Å²) in [5.41, 5.74) is 2.22. The van der Waals surface area contributed by atoms with Crippen molar-refractivity contribution in [3.63, 3.8) is 0 Å². The highest BCUT2D eigenvalue weighted by Gasteiger charge is 2.58. The number of halogens is 1. The molecule has 2 heterocycles. The Labute approximate surface area is 194 Å². The number of rotatable bonds is 5. The third-order valence-corrected chi connectivity index (χ3v) is 8.02. The summed E-state index contributed by atoms with van der Waals surface area (Å²) in [4.78, 5) is 27.6. The highest BCUT2D eigenvalue weighted by Crippen LogP contribution is 2.60. The summed E-state index contributed by atoms with van der Waals surface area (Å²) in [5, 5.41) is 7.20. The molecule has 4 rings (SSSR count). The highest BCUT2D eigenvalue weighted by atomic mass is 35.5. The molecule has 9 heteroatoms. The number of hydrogen-bond acceptors (Lipinski definition) is 8. The van der Waals surface area contributed by atoms with Crippen LogP contribution in [0.25, 0.3) is 0 Å². The average molecular weight is 474 g/mol. The molecule has 0 bridgehead atoms. The monoisotopic (exact) mass is 473 g/mol. The number of Topliss-reactive ketones (excluding diaryl/α,β-unsaturated/α-hetero) is 1. The Morgan fingerprint density at radius 3 is 2.42 bits per heavy atom. The number of hydrogen-bond donors (Lipinski definition) is 0. The van der Waals surface area contributed by atoms with E-state index in [1.54, 1.807) is 18.0 Å². The number of para-hydroxylation sites is 2. The molecule has 0 N–H and O–H groups in total. The third-order valence-electron chi connectivity index (χ3n) is 4.73. The summed E-state index contributed by atoms with van der Waals surface area (Å²) < 4.78 is 4.33. The van der Waals surface area contributed by atoms with Gasteiger partial charge in [0, 0.05) is 18.3 Å². The number of ether oxygens (including phenoxy) is 1. The van der Waals surface area contributed by atoms with Gasteiger partial charge < -0.3 is 9.64 Å². The summed E-state index contributed by atoms with van der Waals surface area (Å²) in [7, 11) is 0. The predicted molar refractivity (Wildman–Crippen MR) is 128 cm³/mol. The number of allylic oxidation sites excluding steroid dienone is 1. The van der Waals surface area contributed by atoms with Crippen molar-refractivity contribution in [1.82, 2.24) is 0 Å². The van der Waals surface area contributed by atoms with Crippen molar-refractivity contribution in [3.8, 4) is 0 Å². The van der Waals surface area contributed by atoms with Crippen LogP contribution >= 0.6 is 35.1 Å². The molecule has 1 spiro atoms. The van der Waals surface area contributed by atoms with Gasteiger partial charge in [-0.2, -0.15) is 5.10 Å². The molecule has 2 aromatic rings. The summed E-state index contributed by atoms with van der Waals surface area (Å²) >= 11 is 9.13. The number of hydrazone groups is 1. The largest absolute Gasteiger partial charge is 0.462 e. The first kappa shape index (κ1) is 21.8. The van der Waals surface area contributed by atoms with Crippen LogP contribution in [-0.4, -0.2) is 27.7 Å². The lowest BCUT2D eigenvalue weighted by Crippen LogP contribution is -2.49. The Kier molecular flexibility index (Phi) is 6.05. The van der Waals surface area contributed by atoms with E-state index in [0.29, 0.717) is 20.7 Å². The number of carbonyl (C=O) groups excluding carboxylic acids is 2. The predicted octanol–water partition coefficient (Wildman–Crippen LogP) is 5.46. The summed E-state index contributed by atoms with van der Waals surface area (Å²) in [5.74, 6) is -0.562.